The number of rotatable bonds is 7. The Morgan fingerprint density at radius 3 is 2.14 bits per heavy atom. The molecule has 0 saturated heterocycles. The summed E-state index contributed by atoms with van der Waals surface area (Å²) >= 11 is 0. The van der Waals surface area contributed by atoms with Crippen LogP contribution in [0.1, 0.15) is 44.9 Å². The van der Waals surface area contributed by atoms with Gasteiger partial charge in [0.15, 0.2) is 0 Å². The van der Waals surface area contributed by atoms with Crippen LogP contribution in [0.15, 0.2) is 73.3 Å². The lowest BCUT2D eigenvalue weighted by molar-refractivity contribution is 0.00120. The van der Waals surface area contributed by atoms with Crippen molar-refractivity contribution < 1.29 is 14.6 Å². The fourth-order valence-corrected chi connectivity index (χ4v) is 3.15. The molecule has 0 radical (unpaired) electrons. The Labute approximate surface area is 168 Å². The second-order valence-electron chi connectivity index (χ2n) is 8.00. The second kappa shape index (κ2) is 9.56. The van der Waals surface area contributed by atoms with Gasteiger partial charge in [-0.1, -0.05) is 66.7 Å². The van der Waals surface area contributed by atoms with Crippen LogP contribution in [0.5, 0.6) is 0 Å². The maximum atomic E-state index is 13.0. The molecular weight excluding hydrogens is 350 g/mol. The topological polar surface area (TPSA) is 49.8 Å². The molecule has 0 aromatic heterocycles. The Hall–Kier alpha value is -2.59. The predicted molar refractivity (Wildman–Crippen MR) is 113 cm³/mol. The smallest absolute Gasteiger partial charge is 0.410 e. The highest BCUT2D eigenvalue weighted by molar-refractivity contribution is 5.68. The van der Waals surface area contributed by atoms with Crippen LogP contribution in [-0.4, -0.2) is 27.7 Å². The molecule has 2 rings (SSSR count). The first-order chi connectivity index (χ1) is 13.2. The van der Waals surface area contributed by atoms with Crippen LogP contribution in [0.3, 0.4) is 0 Å². The molecule has 4 heteroatoms. The summed E-state index contributed by atoms with van der Waals surface area (Å²) in [5.74, 6) is -0.348. The van der Waals surface area contributed by atoms with Crippen molar-refractivity contribution in [2.24, 2.45) is 5.92 Å². The quantitative estimate of drug-likeness (QED) is 0.658. The lowest BCUT2D eigenvalue weighted by Crippen LogP contribution is -2.45. The van der Waals surface area contributed by atoms with Gasteiger partial charge in [0.25, 0.3) is 0 Å². The summed E-state index contributed by atoms with van der Waals surface area (Å²) in [4.78, 5) is 14.6. The summed E-state index contributed by atoms with van der Waals surface area (Å²) in [5.41, 5.74) is 1.19. The number of hydrogen-bond acceptors (Lipinski definition) is 3. The second-order valence-corrected chi connectivity index (χ2v) is 8.00. The zero-order valence-electron chi connectivity index (χ0n) is 17.2. The SMILES string of the molecule is C=C[C@H]([C@@H](C)N(Cc1ccccc1)C(=O)OC(C)(C)C)[C@@H](O)c1ccccc1. The van der Waals surface area contributed by atoms with E-state index in [1.807, 2.05) is 88.4 Å². The number of aliphatic hydroxyl groups is 1. The highest BCUT2D eigenvalue weighted by Gasteiger charge is 2.33. The monoisotopic (exact) mass is 381 g/mol. The summed E-state index contributed by atoms with van der Waals surface area (Å²) in [7, 11) is 0. The van der Waals surface area contributed by atoms with Gasteiger partial charge in [-0.05, 0) is 38.8 Å². The van der Waals surface area contributed by atoms with Crippen LogP contribution in [0.4, 0.5) is 4.79 Å². The van der Waals surface area contributed by atoms with Gasteiger partial charge in [0.1, 0.15) is 5.60 Å². The molecule has 150 valence electrons. The highest BCUT2D eigenvalue weighted by atomic mass is 16.6. The molecule has 3 atom stereocenters. The van der Waals surface area contributed by atoms with Crippen molar-refractivity contribution in [1.29, 1.82) is 0 Å². The van der Waals surface area contributed by atoms with Crippen molar-refractivity contribution in [3.05, 3.63) is 84.4 Å². The summed E-state index contributed by atoms with van der Waals surface area (Å²) in [5, 5.41) is 10.9. The number of carbonyl (C=O) groups is 1. The maximum Gasteiger partial charge on any atom is 0.410 e. The number of carbonyl (C=O) groups excluding carboxylic acids is 1. The first-order valence-corrected chi connectivity index (χ1v) is 9.62. The summed E-state index contributed by atoms with van der Waals surface area (Å²) in [6.45, 7) is 11.8. The number of hydrogen-bond donors (Lipinski definition) is 1. The molecular formula is C24H31NO3. The lowest BCUT2D eigenvalue weighted by Gasteiger charge is -2.36. The number of benzene rings is 2. The number of ether oxygens (including phenoxy) is 1. The molecule has 0 saturated carbocycles. The minimum Gasteiger partial charge on any atom is -0.444 e. The number of aliphatic hydroxyl groups excluding tert-OH is 1. The fourth-order valence-electron chi connectivity index (χ4n) is 3.15. The molecule has 1 amide bonds. The van der Waals surface area contributed by atoms with Crippen LogP contribution in [0.25, 0.3) is 0 Å². The first-order valence-electron chi connectivity index (χ1n) is 9.62. The van der Waals surface area contributed by atoms with Gasteiger partial charge in [0.05, 0.1) is 6.10 Å². The van der Waals surface area contributed by atoms with Crippen molar-refractivity contribution in [1.82, 2.24) is 4.90 Å². The molecule has 28 heavy (non-hydrogen) atoms. The molecule has 0 fully saturated rings. The molecule has 2 aromatic rings. The minimum atomic E-state index is -0.769. The third kappa shape index (κ3) is 5.96. The van der Waals surface area contributed by atoms with Crippen molar-refractivity contribution >= 4 is 6.09 Å². The van der Waals surface area contributed by atoms with E-state index in [-0.39, 0.29) is 12.0 Å². The van der Waals surface area contributed by atoms with Gasteiger partial charge in [0.2, 0.25) is 0 Å². The van der Waals surface area contributed by atoms with Crippen LogP contribution in [-0.2, 0) is 11.3 Å². The predicted octanol–water partition coefficient (Wildman–Crippen LogP) is 5.35. The highest BCUT2D eigenvalue weighted by Crippen LogP contribution is 2.30. The zero-order chi connectivity index (χ0) is 20.7. The molecule has 0 aliphatic heterocycles. The van der Waals surface area contributed by atoms with Gasteiger partial charge in [-0.2, -0.15) is 0 Å². The third-order valence-electron chi connectivity index (χ3n) is 4.65. The molecule has 0 heterocycles. The summed E-state index contributed by atoms with van der Waals surface area (Å²) in [6, 6.07) is 18.9. The Kier molecular flexibility index (Phi) is 7.41. The van der Waals surface area contributed by atoms with E-state index in [0.29, 0.717) is 6.54 Å². The average molecular weight is 382 g/mol. The van der Waals surface area contributed by atoms with Crippen LogP contribution < -0.4 is 0 Å². The normalized spacial score (nSPS) is 14.6. The first kappa shape index (κ1) is 21.7. The number of amides is 1. The Morgan fingerprint density at radius 1 is 1.11 bits per heavy atom. The van der Waals surface area contributed by atoms with E-state index >= 15 is 0 Å². The molecule has 0 spiro atoms. The Balaban J connectivity index is 2.30. The molecule has 2 aromatic carbocycles. The summed E-state index contributed by atoms with van der Waals surface area (Å²) < 4.78 is 5.64. The van der Waals surface area contributed by atoms with E-state index in [2.05, 4.69) is 6.58 Å². The maximum absolute atomic E-state index is 13.0. The fraction of sp³-hybridized carbons (Fsp3) is 0.375. The molecule has 0 aliphatic rings. The standard InChI is InChI=1S/C24H31NO3/c1-6-21(22(26)20-15-11-8-12-16-20)18(2)25(23(27)28-24(3,4)5)17-19-13-9-7-10-14-19/h6-16,18,21-22,26H,1,17H2,2-5H3/t18-,21-,22+/m1/s1. The van der Waals surface area contributed by atoms with Crippen molar-refractivity contribution in [3.63, 3.8) is 0 Å². The van der Waals surface area contributed by atoms with E-state index in [1.54, 1.807) is 11.0 Å². The van der Waals surface area contributed by atoms with Crippen LogP contribution in [0, 0.1) is 5.92 Å². The summed E-state index contributed by atoms with van der Waals surface area (Å²) in [6.07, 6.45) is 0.537. The van der Waals surface area contributed by atoms with Crippen LogP contribution >= 0.6 is 0 Å². The lowest BCUT2D eigenvalue weighted by atomic mass is 9.89. The van der Waals surface area contributed by atoms with Gasteiger partial charge < -0.3 is 14.7 Å². The van der Waals surface area contributed by atoms with E-state index in [1.165, 1.54) is 0 Å². The van der Waals surface area contributed by atoms with E-state index in [4.69, 9.17) is 4.74 Å². The number of nitrogens with zero attached hydrogens (tertiary/aromatic N) is 1. The zero-order valence-corrected chi connectivity index (χ0v) is 17.2. The molecule has 0 aliphatic carbocycles. The van der Waals surface area contributed by atoms with Gasteiger partial charge in [-0.25, -0.2) is 4.79 Å². The van der Waals surface area contributed by atoms with Gasteiger partial charge in [-0.3, -0.25) is 0 Å². The van der Waals surface area contributed by atoms with Crippen molar-refractivity contribution in [3.8, 4) is 0 Å². The average Bonchev–Trinajstić information content (AvgIpc) is 2.66. The minimum absolute atomic E-state index is 0.317. The molecule has 4 nitrogen and oxygen atoms in total. The van der Waals surface area contributed by atoms with Crippen molar-refractivity contribution in [2.45, 2.75) is 52.0 Å². The Bertz CT molecular complexity index is 752. The van der Waals surface area contributed by atoms with Crippen molar-refractivity contribution in [2.75, 3.05) is 0 Å². The van der Waals surface area contributed by atoms with E-state index in [9.17, 15) is 9.90 Å². The molecule has 1 N–H and O–H groups in total. The van der Waals surface area contributed by atoms with Gasteiger partial charge in [-0.15, -0.1) is 6.58 Å². The van der Waals surface area contributed by atoms with E-state index in [0.717, 1.165) is 11.1 Å². The van der Waals surface area contributed by atoms with Gasteiger partial charge >= 0.3 is 6.09 Å². The molecule has 0 bridgehead atoms. The largest absolute Gasteiger partial charge is 0.444 e. The van der Waals surface area contributed by atoms with E-state index < -0.39 is 17.8 Å². The van der Waals surface area contributed by atoms with Crippen LogP contribution in [0.2, 0.25) is 0 Å². The van der Waals surface area contributed by atoms with Gasteiger partial charge in [0, 0.05) is 18.5 Å². The Morgan fingerprint density at radius 2 is 1.64 bits per heavy atom. The third-order valence-corrected chi connectivity index (χ3v) is 4.65. The molecule has 0 unspecified atom stereocenters.